The van der Waals surface area contributed by atoms with Crippen LogP contribution >= 0.6 is 11.5 Å². The zero-order chi connectivity index (χ0) is 14.3. The molecule has 0 radical (unpaired) electrons. The lowest BCUT2D eigenvalue weighted by Gasteiger charge is -2.22. The second kappa shape index (κ2) is 4.68. The number of carboxylic acid groups (broad SMARTS) is 1. The van der Waals surface area contributed by atoms with Gasteiger partial charge in [0.25, 0.3) is 0 Å². The first kappa shape index (κ1) is 12.7. The standard InChI is InChI=1S/C13H9FN2O3S/c14-7-3-1-2-6(4-7)8-5-9(17)15-10-11(13(18)19)16-20-12(8)10/h1-4,8H,5H2,(H,15,17)(H,18,19). The molecular formula is C13H9FN2O3S. The van der Waals surface area contributed by atoms with Crippen LogP contribution in [0.1, 0.15) is 33.3 Å². The predicted octanol–water partition coefficient (Wildman–Crippen LogP) is 2.45. The largest absolute Gasteiger partial charge is 0.476 e. The number of halogens is 1. The van der Waals surface area contributed by atoms with Gasteiger partial charge < -0.3 is 10.4 Å². The van der Waals surface area contributed by atoms with Gasteiger partial charge in [-0.1, -0.05) is 12.1 Å². The Hall–Kier alpha value is -2.28. The molecule has 0 fully saturated rings. The number of nitrogens with one attached hydrogen (secondary N) is 1. The number of benzene rings is 1. The smallest absolute Gasteiger partial charge is 0.357 e. The molecule has 1 aromatic heterocycles. The Morgan fingerprint density at radius 3 is 3.00 bits per heavy atom. The Balaban J connectivity index is 2.11. The van der Waals surface area contributed by atoms with Gasteiger partial charge in [-0.2, -0.15) is 4.37 Å². The van der Waals surface area contributed by atoms with E-state index in [4.69, 9.17) is 5.11 Å². The summed E-state index contributed by atoms with van der Waals surface area (Å²) < 4.78 is 17.2. The monoisotopic (exact) mass is 292 g/mol. The van der Waals surface area contributed by atoms with E-state index in [1.54, 1.807) is 12.1 Å². The van der Waals surface area contributed by atoms with Crippen molar-refractivity contribution in [3.63, 3.8) is 0 Å². The van der Waals surface area contributed by atoms with Gasteiger partial charge in [-0.05, 0) is 29.2 Å². The number of amides is 1. The maximum Gasteiger partial charge on any atom is 0.357 e. The Morgan fingerprint density at radius 2 is 2.30 bits per heavy atom. The predicted molar refractivity (Wildman–Crippen MR) is 70.6 cm³/mol. The van der Waals surface area contributed by atoms with Crippen LogP contribution in [-0.4, -0.2) is 21.4 Å². The van der Waals surface area contributed by atoms with Gasteiger partial charge in [0, 0.05) is 12.3 Å². The van der Waals surface area contributed by atoms with Crippen LogP contribution in [0.15, 0.2) is 24.3 Å². The number of aromatic nitrogens is 1. The Kier molecular flexibility index (Phi) is 2.98. The summed E-state index contributed by atoms with van der Waals surface area (Å²) in [5.74, 6) is -2.24. The highest BCUT2D eigenvalue weighted by molar-refractivity contribution is 7.06. The molecule has 0 spiro atoms. The van der Waals surface area contributed by atoms with E-state index in [1.165, 1.54) is 12.1 Å². The minimum absolute atomic E-state index is 0.151. The van der Waals surface area contributed by atoms with Crippen LogP contribution in [0.25, 0.3) is 0 Å². The number of carbonyl (C=O) groups is 2. The molecule has 2 heterocycles. The van der Waals surface area contributed by atoms with E-state index in [0.29, 0.717) is 10.4 Å². The quantitative estimate of drug-likeness (QED) is 0.891. The van der Waals surface area contributed by atoms with Gasteiger partial charge in [0.1, 0.15) is 5.82 Å². The van der Waals surface area contributed by atoms with Crippen molar-refractivity contribution in [1.82, 2.24) is 4.37 Å². The molecule has 0 saturated carbocycles. The van der Waals surface area contributed by atoms with E-state index >= 15 is 0 Å². The summed E-state index contributed by atoms with van der Waals surface area (Å²) in [4.78, 5) is 23.5. The summed E-state index contributed by atoms with van der Waals surface area (Å²) in [5.41, 5.74) is 0.703. The fourth-order valence-electron chi connectivity index (χ4n) is 2.27. The number of aromatic carboxylic acids is 1. The third-order valence-electron chi connectivity index (χ3n) is 3.14. The van der Waals surface area contributed by atoms with Crippen LogP contribution in [0, 0.1) is 5.82 Å². The normalized spacial score (nSPS) is 17.4. The lowest BCUT2D eigenvalue weighted by Crippen LogP contribution is -2.23. The molecule has 3 rings (SSSR count). The zero-order valence-electron chi connectivity index (χ0n) is 10.1. The van der Waals surface area contributed by atoms with E-state index in [0.717, 1.165) is 11.5 Å². The molecule has 0 bridgehead atoms. The van der Waals surface area contributed by atoms with Crippen molar-refractivity contribution in [2.75, 3.05) is 5.32 Å². The number of carboxylic acids is 1. The maximum absolute atomic E-state index is 13.3. The van der Waals surface area contributed by atoms with Crippen molar-refractivity contribution in [2.45, 2.75) is 12.3 Å². The number of nitrogens with zero attached hydrogens (tertiary/aromatic N) is 1. The van der Waals surface area contributed by atoms with Crippen molar-refractivity contribution in [3.8, 4) is 0 Å². The highest BCUT2D eigenvalue weighted by Gasteiger charge is 2.33. The number of carbonyl (C=O) groups excluding carboxylic acids is 1. The summed E-state index contributed by atoms with van der Waals surface area (Å²) >= 11 is 1.02. The molecule has 1 unspecified atom stereocenters. The number of rotatable bonds is 2. The van der Waals surface area contributed by atoms with Gasteiger partial charge in [0.2, 0.25) is 5.91 Å². The molecule has 20 heavy (non-hydrogen) atoms. The number of anilines is 1. The fraction of sp³-hybridized carbons (Fsp3) is 0.154. The van der Waals surface area contributed by atoms with Crippen LogP contribution in [0.2, 0.25) is 0 Å². The number of fused-ring (bicyclic) bond motifs is 1. The van der Waals surface area contributed by atoms with Gasteiger partial charge in [-0.3, -0.25) is 4.79 Å². The van der Waals surface area contributed by atoms with Gasteiger partial charge in [0.05, 0.1) is 10.6 Å². The van der Waals surface area contributed by atoms with E-state index in [9.17, 15) is 14.0 Å². The molecule has 1 atom stereocenters. The van der Waals surface area contributed by atoms with Gasteiger partial charge in [-0.15, -0.1) is 0 Å². The van der Waals surface area contributed by atoms with Crippen molar-refractivity contribution < 1.29 is 19.1 Å². The molecule has 1 aliphatic rings. The highest BCUT2D eigenvalue weighted by atomic mass is 32.1. The molecule has 1 aromatic carbocycles. The van der Waals surface area contributed by atoms with Gasteiger partial charge in [0.15, 0.2) is 5.69 Å². The van der Waals surface area contributed by atoms with Crippen LogP contribution in [0.3, 0.4) is 0 Å². The second-order valence-corrected chi connectivity index (χ2v) is 5.24. The lowest BCUT2D eigenvalue weighted by atomic mass is 9.90. The molecule has 2 aromatic rings. The Morgan fingerprint density at radius 1 is 1.50 bits per heavy atom. The van der Waals surface area contributed by atoms with E-state index in [-0.39, 0.29) is 29.6 Å². The first-order chi connectivity index (χ1) is 9.56. The molecule has 5 nitrogen and oxygen atoms in total. The summed E-state index contributed by atoms with van der Waals surface area (Å²) in [7, 11) is 0. The summed E-state index contributed by atoms with van der Waals surface area (Å²) in [5, 5.41) is 11.6. The molecular weight excluding hydrogens is 283 g/mol. The van der Waals surface area contributed by atoms with Crippen LogP contribution in [0.4, 0.5) is 10.1 Å². The van der Waals surface area contributed by atoms with Gasteiger partial charge in [-0.25, -0.2) is 9.18 Å². The topological polar surface area (TPSA) is 79.3 Å². The third-order valence-corrected chi connectivity index (χ3v) is 4.10. The number of hydrogen-bond donors (Lipinski definition) is 2. The summed E-state index contributed by atoms with van der Waals surface area (Å²) in [6.45, 7) is 0. The third kappa shape index (κ3) is 2.05. The van der Waals surface area contributed by atoms with Crippen LogP contribution in [-0.2, 0) is 4.79 Å². The second-order valence-electron chi connectivity index (χ2n) is 4.44. The fourth-order valence-corrected chi connectivity index (χ4v) is 3.21. The lowest BCUT2D eigenvalue weighted by molar-refractivity contribution is -0.116. The molecule has 7 heteroatoms. The molecule has 0 aliphatic carbocycles. The van der Waals surface area contributed by atoms with Crippen molar-refractivity contribution >= 4 is 29.1 Å². The average Bonchev–Trinajstić information content (AvgIpc) is 2.81. The minimum Gasteiger partial charge on any atom is -0.476 e. The van der Waals surface area contributed by atoms with E-state index < -0.39 is 11.8 Å². The molecule has 102 valence electrons. The summed E-state index contributed by atoms with van der Waals surface area (Å²) in [6, 6.07) is 5.96. The molecule has 0 saturated heterocycles. The first-order valence-electron chi connectivity index (χ1n) is 5.84. The van der Waals surface area contributed by atoms with E-state index in [1.807, 2.05) is 0 Å². The zero-order valence-corrected chi connectivity index (χ0v) is 10.9. The minimum atomic E-state index is -1.19. The van der Waals surface area contributed by atoms with E-state index in [2.05, 4.69) is 9.69 Å². The summed E-state index contributed by atoms with van der Waals surface area (Å²) in [6.07, 6.45) is 0.151. The van der Waals surface area contributed by atoms with Crippen molar-refractivity contribution in [2.24, 2.45) is 0 Å². The van der Waals surface area contributed by atoms with Crippen LogP contribution in [0.5, 0.6) is 0 Å². The molecule has 1 aliphatic heterocycles. The highest BCUT2D eigenvalue weighted by Crippen LogP contribution is 2.41. The first-order valence-corrected chi connectivity index (χ1v) is 6.62. The SMILES string of the molecule is O=C1CC(c2cccc(F)c2)c2snc(C(=O)O)c2N1. The maximum atomic E-state index is 13.3. The Bertz CT molecular complexity index is 713. The van der Waals surface area contributed by atoms with Crippen molar-refractivity contribution in [3.05, 3.63) is 46.2 Å². The average molecular weight is 292 g/mol. The van der Waals surface area contributed by atoms with Crippen molar-refractivity contribution in [1.29, 1.82) is 0 Å². The molecule has 1 amide bonds. The molecule has 2 N–H and O–H groups in total. The van der Waals surface area contributed by atoms with Crippen LogP contribution < -0.4 is 5.32 Å². The van der Waals surface area contributed by atoms with Gasteiger partial charge >= 0.3 is 5.97 Å². The Labute approximate surface area is 117 Å². The number of hydrogen-bond acceptors (Lipinski definition) is 4.